The number of aliphatic hydroxyl groups is 1. The van der Waals surface area contributed by atoms with E-state index in [9.17, 15) is 9.90 Å². The fourth-order valence-electron chi connectivity index (χ4n) is 1.12. The van der Waals surface area contributed by atoms with Crippen LogP contribution in [-0.4, -0.2) is 42.5 Å². The van der Waals surface area contributed by atoms with Gasteiger partial charge in [0.2, 0.25) is 0 Å². The van der Waals surface area contributed by atoms with Crippen molar-refractivity contribution in [1.29, 1.82) is 0 Å². The first-order valence-electron chi connectivity index (χ1n) is 6.61. The summed E-state index contributed by atoms with van der Waals surface area (Å²) in [4.78, 5) is 11.4. The molecule has 0 heterocycles. The van der Waals surface area contributed by atoms with E-state index in [-0.39, 0.29) is 24.6 Å². The molecule has 0 fully saturated rings. The molecule has 0 rings (SSSR count). The molecular weight excluding hydrogens is 232 g/mol. The molecule has 3 N–H and O–H groups in total. The maximum Gasteiger partial charge on any atom is 0.314 e. The van der Waals surface area contributed by atoms with E-state index in [2.05, 4.69) is 10.6 Å². The van der Waals surface area contributed by atoms with Crippen molar-refractivity contribution in [3.8, 4) is 0 Å². The summed E-state index contributed by atoms with van der Waals surface area (Å²) in [5.74, 6) is 0.0947. The van der Waals surface area contributed by atoms with Crippen molar-refractivity contribution in [2.45, 2.75) is 52.7 Å². The predicted molar refractivity (Wildman–Crippen MR) is 72.6 cm³/mol. The molecule has 5 heteroatoms. The number of urea groups is 1. The summed E-state index contributed by atoms with van der Waals surface area (Å²) < 4.78 is 5.36. The van der Waals surface area contributed by atoms with E-state index in [4.69, 9.17) is 4.74 Å². The first kappa shape index (κ1) is 17.2. The molecule has 0 bridgehead atoms. The fraction of sp³-hybridized carbons (Fsp3) is 0.923. The number of rotatable bonds is 8. The Bertz CT molecular complexity index is 240. The van der Waals surface area contributed by atoms with Crippen LogP contribution in [0, 0.1) is 5.92 Å². The van der Waals surface area contributed by atoms with E-state index in [1.807, 2.05) is 27.7 Å². The van der Waals surface area contributed by atoms with Crippen LogP contribution in [0.3, 0.4) is 0 Å². The molecule has 0 aliphatic rings. The molecule has 0 radical (unpaired) electrons. The summed E-state index contributed by atoms with van der Waals surface area (Å²) >= 11 is 0. The van der Waals surface area contributed by atoms with Crippen molar-refractivity contribution >= 4 is 6.03 Å². The van der Waals surface area contributed by atoms with Crippen molar-refractivity contribution in [3.63, 3.8) is 0 Å². The zero-order valence-corrected chi connectivity index (χ0v) is 12.2. The minimum absolute atomic E-state index is 0.0947. The molecule has 0 saturated heterocycles. The Labute approximate surface area is 110 Å². The molecule has 18 heavy (non-hydrogen) atoms. The second-order valence-electron chi connectivity index (χ2n) is 5.39. The molecule has 0 aromatic heterocycles. The third kappa shape index (κ3) is 8.31. The molecule has 108 valence electrons. The Hall–Kier alpha value is -0.810. The number of carbonyl (C=O) groups is 1. The summed E-state index contributed by atoms with van der Waals surface area (Å²) in [6.07, 6.45) is 1.01. The molecule has 1 atom stereocenters. The van der Waals surface area contributed by atoms with E-state index in [1.165, 1.54) is 0 Å². The Balaban J connectivity index is 3.61. The first-order valence-corrected chi connectivity index (χ1v) is 6.61. The Morgan fingerprint density at radius 3 is 2.39 bits per heavy atom. The lowest BCUT2D eigenvalue weighted by atomic mass is 9.93. The highest BCUT2D eigenvalue weighted by Crippen LogP contribution is 2.14. The quantitative estimate of drug-likeness (QED) is 0.579. The van der Waals surface area contributed by atoms with Gasteiger partial charge in [-0.15, -0.1) is 0 Å². The van der Waals surface area contributed by atoms with Crippen LogP contribution in [0.5, 0.6) is 0 Å². The summed E-state index contributed by atoms with van der Waals surface area (Å²) in [5.41, 5.74) is -0.877. The third-order valence-electron chi connectivity index (χ3n) is 2.91. The largest absolute Gasteiger partial charge is 0.388 e. The lowest BCUT2D eigenvalue weighted by Crippen LogP contribution is -2.47. The smallest absolute Gasteiger partial charge is 0.314 e. The topological polar surface area (TPSA) is 70.6 Å². The molecule has 0 aromatic carbocycles. The van der Waals surface area contributed by atoms with Gasteiger partial charge >= 0.3 is 6.03 Å². The van der Waals surface area contributed by atoms with Crippen LogP contribution >= 0.6 is 0 Å². The molecule has 2 amide bonds. The van der Waals surface area contributed by atoms with E-state index in [0.717, 1.165) is 6.42 Å². The molecule has 0 aromatic rings. The highest BCUT2D eigenvalue weighted by Gasteiger charge is 2.25. The van der Waals surface area contributed by atoms with Gasteiger partial charge in [-0.25, -0.2) is 4.79 Å². The molecular formula is C13H28N2O3. The number of nitrogens with one attached hydrogen (secondary N) is 2. The van der Waals surface area contributed by atoms with E-state index < -0.39 is 5.60 Å². The van der Waals surface area contributed by atoms with Crippen LogP contribution in [0.4, 0.5) is 4.79 Å². The van der Waals surface area contributed by atoms with Crippen LogP contribution in [0.1, 0.15) is 41.0 Å². The summed E-state index contributed by atoms with van der Waals surface area (Å²) in [5, 5.41) is 15.3. The molecule has 0 aliphatic heterocycles. The maximum absolute atomic E-state index is 11.4. The molecule has 0 saturated carbocycles. The van der Waals surface area contributed by atoms with Gasteiger partial charge in [-0.3, -0.25) is 0 Å². The van der Waals surface area contributed by atoms with Gasteiger partial charge in [-0.2, -0.15) is 0 Å². The van der Waals surface area contributed by atoms with Crippen molar-refractivity contribution in [2.75, 3.05) is 19.7 Å². The van der Waals surface area contributed by atoms with Gasteiger partial charge in [0, 0.05) is 19.7 Å². The van der Waals surface area contributed by atoms with Crippen LogP contribution in [0.2, 0.25) is 0 Å². The van der Waals surface area contributed by atoms with Gasteiger partial charge < -0.3 is 20.5 Å². The highest BCUT2D eigenvalue weighted by atomic mass is 16.5. The fourth-order valence-corrected chi connectivity index (χ4v) is 1.12. The maximum atomic E-state index is 11.4. The lowest BCUT2D eigenvalue weighted by Gasteiger charge is -2.27. The number of amides is 2. The van der Waals surface area contributed by atoms with E-state index in [0.29, 0.717) is 13.2 Å². The second kappa shape index (κ2) is 8.32. The summed E-state index contributed by atoms with van der Waals surface area (Å²) in [7, 11) is 0. The normalized spacial score (nSPS) is 14.7. The van der Waals surface area contributed by atoms with Crippen molar-refractivity contribution < 1.29 is 14.6 Å². The second-order valence-corrected chi connectivity index (χ2v) is 5.39. The first-order chi connectivity index (χ1) is 8.25. The van der Waals surface area contributed by atoms with Gasteiger partial charge in [0.05, 0.1) is 11.7 Å². The van der Waals surface area contributed by atoms with E-state index in [1.54, 1.807) is 6.92 Å². The van der Waals surface area contributed by atoms with Gasteiger partial charge in [0.15, 0.2) is 0 Å². The van der Waals surface area contributed by atoms with Gasteiger partial charge in [0.25, 0.3) is 0 Å². The zero-order chi connectivity index (χ0) is 14.2. The standard InChI is InChI=1S/C13H28N2O3/c1-10(2)13(5,17)9-15-12(16)14-7-6-8-18-11(3)4/h10-11,17H,6-9H2,1-5H3,(H2,14,15,16). The third-order valence-corrected chi connectivity index (χ3v) is 2.91. The monoisotopic (exact) mass is 260 g/mol. The predicted octanol–water partition coefficient (Wildman–Crippen LogP) is 1.51. The highest BCUT2D eigenvalue weighted by molar-refractivity contribution is 5.73. The number of hydrogen-bond donors (Lipinski definition) is 3. The Morgan fingerprint density at radius 2 is 1.89 bits per heavy atom. The Morgan fingerprint density at radius 1 is 1.28 bits per heavy atom. The molecule has 0 aliphatic carbocycles. The van der Waals surface area contributed by atoms with Gasteiger partial charge in [0.1, 0.15) is 0 Å². The molecule has 0 spiro atoms. The van der Waals surface area contributed by atoms with Gasteiger partial charge in [-0.05, 0) is 33.1 Å². The SMILES string of the molecule is CC(C)OCCCNC(=O)NCC(C)(O)C(C)C. The van der Waals surface area contributed by atoms with Crippen LogP contribution < -0.4 is 10.6 Å². The summed E-state index contributed by atoms with van der Waals surface area (Å²) in [6, 6.07) is -0.250. The van der Waals surface area contributed by atoms with Crippen LogP contribution in [-0.2, 0) is 4.74 Å². The van der Waals surface area contributed by atoms with Gasteiger partial charge in [-0.1, -0.05) is 13.8 Å². The van der Waals surface area contributed by atoms with E-state index >= 15 is 0 Å². The average Bonchev–Trinajstić information content (AvgIpc) is 2.25. The summed E-state index contributed by atoms with van der Waals surface area (Å²) in [6.45, 7) is 11.0. The lowest BCUT2D eigenvalue weighted by molar-refractivity contribution is 0.0165. The number of hydrogen-bond acceptors (Lipinski definition) is 3. The minimum atomic E-state index is -0.877. The Kier molecular flexibility index (Phi) is 7.95. The average molecular weight is 260 g/mol. The van der Waals surface area contributed by atoms with Crippen molar-refractivity contribution in [2.24, 2.45) is 5.92 Å². The van der Waals surface area contributed by atoms with Crippen LogP contribution in [0.15, 0.2) is 0 Å². The van der Waals surface area contributed by atoms with Crippen molar-refractivity contribution in [1.82, 2.24) is 10.6 Å². The van der Waals surface area contributed by atoms with Crippen LogP contribution in [0.25, 0.3) is 0 Å². The number of carbonyl (C=O) groups excluding carboxylic acids is 1. The zero-order valence-electron chi connectivity index (χ0n) is 12.2. The molecule has 5 nitrogen and oxygen atoms in total. The number of ether oxygens (including phenoxy) is 1. The van der Waals surface area contributed by atoms with Crippen molar-refractivity contribution in [3.05, 3.63) is 0 Å². The minimum Gasteiger partial charge on any atom is -0.388 e. The molecule has 1 unspecified atom stereocenters.